The van der Waals surface area contributed by atoms with Gasteiger partial charge in [-0.15, -0.1) is 0 Å². The Kier molecular flexibility index (Phi) is 7.46. The molecule has 1 aromatic carbocycles. The minimum absolute atomic E-state index is 0.0790. The molecule has 3 rings (SSSR count). The Labute approximate surface area is 178 Å². The van der Waals surface area contributed by atoms with E-state index in [1.807, 2.05) is 4.90 Å². The minimum Gasteiger partial charge on any atom is -0.369 e. The number of carbonyl (C=O) groups is 1. The van der Waals surface area contributed by atoms with Gasteiger partial charge in [-0.25, -0.2) is 32.2 Å². The second kappa shape index (κ2) is 10.1. The van der Waals surface area contributed by atoms with Crippen LogP contribution in [0.5, 0.6) is 0 Å². The van der Waals surface area contributed by atoms with Crippen molar-refractivity contribution in [3.8, 4) is 0 Å². The molecule has 2 heterocycles. The molecular weight excluding hydrogens is 432 g/mol. The van der Waals surface area contributed by atoms with Crippen molar-refractivity contribution in [1.82, 2.24) is 19.3 Å². The fourth-order valence-corrected chi connectivity index (χ4v) is 5.10. The van der Waals surface area contributed by atoms with Crippen molar-refractivity contribution in [3.05, 3.63) is 54.1 Å². The number of aryl methyl sites for hydroxylation is 1. The van der Waals surface area contributed by atoms with E-state index in [0.717, 1.165) is 18.1 Å². The molecule has 1 unspecified atom stereocenters. The average Bonchev–Trinajstić information content (AvgIpc) is 2.77. The van der Waals surface area contributed by atoms with Crippen LogP contribution in [0.2, 0.25) is 0 Å². The molecule has 31 heavy (non-hydrogen) atoms. The summed E-state index contributed by atoms with van der Waals surface area (Å²) in [6, 6.07) is 4.97. The SMILES string of the molecule is O=CN(O)C(CCc1ncc(F)cn1)CS(=O)(=O)N1CCN(c2ccc(F)cc2)CC1. The van der Waals surface area contributed by atoms with Crippen LogP contribution in [0.3, 0.4) is 0 Å². The van der Waals surface area contributed by atoms with Crippen LogP contribution in [0.25, 0.3) is 0 Å². The molecule has 0 radical (unpaired) electrons. The first-order chi connectivity index (χ1) is 14.8. The molecule has 1 saturated heterocycles. The van der Waals surface area contributed by atoms with E-state index in [4.69, 9.17) is 0 Å². The van der Waals surface area contributed by atoms with Crippen molar-refractivity contribution in [3.63, 3.8) is 0 Å². The van der Waals surface area contributed by atoms with Gasteiger partial charge in [0.15, 0.2) is 5.82 Å². The second-order valence-corrected chi connectivity index (χ2v) is 9.15. The molecule has 1 aromatic heterocycles. The average molecular weight is 455 g/mol. The van der Waals surface area contributed by atoms with Crippen molar-refractivity contribution < 1.29 is 27.2 Å². The Bertz CT molecular complexity index is 968. The molecule has 168 valence electrons. The summed E-state index contributed by atoms with van der Waals surface area (Å²) in [6.45, 7) is 1.30. The number of sulfonamides is 1. The van der Waals surface area contributed by atoms with Crippen LogP contribution in [0, 0.1) is 11.6 Å². The number of amides is 1. The molecule has 1 atom stereocenters. The second-order valence-electron chi connectivity index (χ2n) is 7.14. The molecule has 1 N–H and O–H groups in total. The molecule has 0 saturated carbocycles. The number of rotatable bonds is 9. The van der Waals surface area contributed by atoms with Gasteiger partial charge >= 0.3 is 0 Å². The number of nitrogens with zero attached hydrogens (tertiary/aromatic N) is 5. The number of carbonyl (C=O) groups excluding carboxylic acids is 1. The van der Waals surface area contributed by atoms with E-state index >= 15 is 0 Å². The van der Waals surface area contributed by atoms with Gasteiger partial charge in [0, 0.05) is 38.3 Å². The molecular formula is C19H23F2N5O4S. The molecule has 0 spiro atoms. The van der Waals surface area contributed by atoms with E-state index in [-0.39, 0.29) is 44.0 Å². The van der Waals surface area contributed by atoms with Crippen LogP contribution in [-0.4, -0.2) is 77.3 Å². The largest absolute Gasteiger partial charge is 0.369 e. The van der Waals surface area contributed by atoms with Gasteiger partial charge in [-0.2, -0.15) is 4.31 Å². The zero-order valence-electron chi connectivity index (χ0n) is 16.6. The van der Waals surface area contributed by atoms with E-state index in [2.05, 4.69) is 9.97 Å². The van der Waals surface area contributed by atoms with Crippen LogP contribution in [0.4, 0.5) is 14.5 Å². The summed E-state index contributed by atoms with van der Waals surface area (Å²) in [4.78, 5) is 20.6. The van der Waals surface area contributed by atoms with Crippen LogP contribution in [-0.2, 0) is 21.2 Å². The lowest BCUT2D eigenvalue weighted by Gasteiger charge is -2.36. The normalized spacial score (nSPS) is 16.2. The summed E-state index contributed by atoms with van der Waals surface area (Å²) in [5, 5.41) is 10.2. The summed E-state index contributed by atoms with van der Waals surface area (Å²) in [7, 11) is -3.78. The fourth-order valence-electron chi connectivity index (χ4n) is 3.37. The Morgan fingerprint density at radius 1 is 1.06 bits per heavy atom. The Morgan fingerprint density at radius 3 is 2.26 bits per heavy atom. The molecule has 12 heteroatoms. The van der Waals surface area contributed by atoms with Crippen molar-refractivity contribution in [2.45, 2.75) is 18.9 Å². The van der Waals surface area contributed by atoms with Gasteiger partial charge in [0.25, 0.3) is 0 Å². The van der Waals surface area contributed by atoms with Crippen LogP contribution >= 0.6 is 0 Å². The maximum atomic E-state index is 13.1. The lowest BCUT2D eigenvalue weighted by atomic mass is 10.2. The minimum atomic E-state index is -3.78. The zero-order valence-corrected chi connectivity index (χ0v) is 17.5. The monoisotopic (exact) mass is 455 g/mol. The van der Waals surface area contributed by atoms with E-state index in [9.17, 15) is 27.2 Å². The lowest BCUT2D eigenvalue weighted by molar-refractivity contribution is -0.158. The first-order valence-corrected chi connectivity index (χ1v) is 11.3. The third-order valence-electron chi connectivity index (χ3n) is 5.08. The number of anilines is 1. The molecule has 0 aliphatic carbocycles. The van der Waals surface area contributed by atoms with Gasteiger partial charge in [-0.05, 0) is 30.7 Å². The number of hydrogen-bond acceptors (Lipinski definition) is 7. The zero-order chi connectivity index (χ0) is 22.4. The summed E-state index contributed by atoms with van der Waals surface area (Å²) < 4.78 is 53.1. The van der Waals surface area contributed by atoms with Crippen LogP contribution in [0.1, 0.15) is 12.2 Å². The van der Waals surface area contributed by atoms with E-state index in [1.54, 1.807) is 12.1 Å². The molecule has 0 bridgehead atoms. The summed E-state index contributed by atoms with van der Waals surface area (Å²) in [6.07, 6.45) is 2.37. The number of benzene rings is 1. The van der Waals surface area contributed by atoms with Gasteiger partial charge in [-0.3, -0.25) is 10.0 Å². The van der Waals surface area contributed by atoms with Crippen LogP contribution in [0.15, 0.2) is 36.7 Å². The highest BCUT2D eigenvalue weighted by atomic mass is 32.2. The van der Waals surface area contributed by atoms with Crippen molar-refractivity contribution in [2.24, 2.45) is 0 Å². The summed E-state index contributed by atoms with van der Waals surface area (Å²) >= 11 is 0. The molecule has 2 aromatic rings. The summed E-state index contributed by atoms with van der Waals surface area (Å²) in [5.41, 5.74) is 0.804. The Hall–Kier alpha value is -2.70. The van der Waals surface area contributed by atoms with Gasteiger partial charge in [0.2, 0.25) is 16.4 Å². The first-order valence-electron chi connectivity index (χ1n) is 9.66. The molecule has 9 nitrogen and oxygen atoms in total. The summed E-state index contributed by atoms with van der Waals surface area (Å²) in [5.74, 6) is -1.14. The maximum Gasteiger partial charge on any atom is 0.233 e. The maximum absolute atomic E-state index is 13.1. The number of hydrogen-bond donors (Lipinski definition) is 1. The highest BCUT2D eigenvalue weighted by Gasteiger charge is 2.31. The predicted molar refractivity (Wildman–Crippen MR) is 108 cm³/mol. The first kappa shape index (κ1) is 23.0. The number of halogens is 2. The van der Waals surface area contributed by atoms with E-state index < -0.39 is 27.6 Å². The van der Waals surface area contributed by atoms with Gasteiger partial charge < -0.3 is 4.90 Å². The van der Waals surface area contributed by atoms with Crippen LogP contribution < -0.4 is 4.90 Å². The molecule has 1 amide bonds. The van der Waals surface area contributed by atoms with Gasteiger partial charge in [-0.1, -0.05) is 0 Å². The molecule has 1 aliphatic rings. The van der Waals surface area contributed by atoms with Crippen molar-refractivity contribution >= 4 is 22.1 Å². The van der Waals surface area contributed by atoms with Gasteiger partial charge in [0.05, 0.1) is 24.2 Å². The van der Waals surface area contributed by atoms with E-state index in [1.165, 1.54) is 16.4 Å². The fraction of sp³-hybridized carbons (Fsp3) is 0.421. The highest BCUT2D eigenvalue weighted by Crippen LogP contribution is 2.19. The molecule has 1 fully saturated rings. The lowest BCUT2D eigenvalue weighted by Crippen LogP contribution is -2.51. The Morgan fingerprint density at radius 2 is 1.68 bits per heavy atom. The standard InChI is InChI=1S/C19H23F2N5O4S/c20-15-1-3-17(4-2-15)24-7-9-25(10-8-24)31(29,30)13-18(26(28)14-27)5-6-19-22-11-16(21)12-23-19/h1-4,11-12,14,18,28H,5-10,13H2. The smallest absolute Gasteiger partial charge is 0.233 e. The Balaban J connectivity index is 1.60. The number of aromatic nitrogens is 2. The topological polar surface area (TPSA) is 107 Å². The van der Waals surface area contributed by atoms with E-state index in [0.29, 0.717) is 18.2 Å². The quantitative estimate of drug-likeness (QED) is 0.342. The van der Waals surface area contributed by atoms with Gasteiger partial charge in [0.1, 0.15) is 11.6 Å². The molecule has 1 aliphatic heterocycles. The highest BCUT2D eigenvalue weighted by molar-refractivity contribution is 7.89. The van der Waals surface area contributed by atoms with Crippen molar-refractivity contribution in [2.75, 3.05) is 36.8 Å². The number of piperazine rings is 1. The third kappa shape index (κ3) is 6.15. The van der Waals surface area contributed by atoms with Crippen molar-refractivity contribution in [1.29, 1.82) is 0 Å². The number of hydroxylamine groups is 2. The predicted octanol–water partition coefficient (Wildman–Crippen LogP) is 1.06. The third-order valence-corrected chi connectivity index (χ3v) is 7.04.